The van der Waals surface area contributed by atoms with E-state index in [1.165, 1.54) is 18.3 Å². The zero-order valence-corrected chi connectivity index (χ0v) is 19.8. The maximum absolute atomic E-state index is 11.0. The van der Waals surface area contributed by atoms with E-state index in [2.05, 4.69) is 15.3 Å². The third-order valence-electron chi connectivity index (χ3n) is 5.25. The quantitative estimate of drug-likeness (QED) is 0.173. The Labute approximate surface area is 210 Å². The highest BCUT2D eigenvalue weighted by Crippen LogP contribution is 2.30. The molecule has 188 valence electrons. The van der Waals surface area contributed by atoms with Gasteiger partial charge >= 0.3 is 11.9 Å². The highest BCUT2D eigenvalue weighted by atomic mass is 16.4. The lowest BCUT2D eigenvalue weighted by atomic mass is 10.1. The topological polar surface area (TPSA) is 224 Å². The fourth-order valence-corrected chi connectivity index (χ4v) is 3.21. The van der Waals surface area contributed by atoms with Crippen LogP contribution in [-0.4, -0.2) is 55.0 Å². The zero-order chi connectivity index (χ0) is 27.3. The number of nitrogens with one attached hydrogen (secondary N) is 2. The molecule has 0 aliphatic rings. The molecule has 0 unspecified atom stereocenters. The fourth-order valence-electron chi connectivity index (χ4n) is 3.21. The van der Waals surface area contributed by atoms with Gasteiger partial charge in [-0.05, 0) is 25.1 Å². The van der Waals surface area contributed by atoms with Gasteiger partial charge in [-0.15, -0.1) is 0 Å². The molecule has 0 bridgehead atoms. The molecule has 2 aromatic heterocycles. The largest absolute Gasteiger partial charge is 0.478 e. The first-order chi connectivity index (χ1) is 17.5. The van der Waals surface area contributed by atoms with E-state index in [9.17, 15) is 9.59 Å². The minimum Gasteiger partial charge on any atom is -0.478 e. The van der Waals surface area contributed by atoms with E-state index in [-0.39, 0.29) is 28.2 Å². The van der Waals surface area contributed by atoms with Crippen LogP contribution in [0.2, 0.25) is 0 Å². The van der Waals surface area contributed by atoms with Crippen molar-refractivity contribution in [3.05, 3.63) is 71.4 Å². The van der Waals surface area contributed by atoms with E-state index in [1.807, 2.05) is 36.4 Å². The first-order valence-electron chi connectivity index (χ1n) is 10.6. The summed E-state index contributed by atoms with van der Waals surface area (Å²) >= 11 is 0. The van der Waals surface area contributed by atoms with E-state index < -0.39 is 11.9 Å². The molecule has 2 aromatic carbocycles. The Kier molecular flexibility index (Phi) is 7.54. The molecule has 13 heteroatoms. The molecule has 0 aliphatic heterocycles. The van der Waals surface area contributed by atoms with Crippen LogP contribution in [0.15, 0.2) is 54.7 Å². The lowest BCUT2D eigenvalue weighted by Crippen LogP contribution is -2.23. The third kappa shape index (κ3) is 5.54. The first kappa shape index (κ1) is 26.0. The summed E-state index contributed by atoms with van der Waals surface area (Å²) in [5, 5.41) is 45.2. The van der Waals surface area contributed by atoms with Gasteiger partial charge in [-0.25, -0.2) is 14.3 Å². The molecule has 0 saturated carbocycles. The van der Waals surface area contributed by atoms with Crippen molar-refractivity contribution in [2.45, 2.75) is 6.92 Å². The van der Waals surface area contributed by atoms with E-state index in [1.54, 1.807) is 18.9 Å². The van der Waals surface area contributed by atoms with Crippen LogP contribution in [0.4, 0.5) is 17.3 Å². The van der Waals surface area contributed by atoms with Crippen molar-refractivity contribution in [2.24, 2.45) is 0 Å². The number of nitriles is 1. The molecule has 4 rings (SSSR count). The maximum atomic E-state index is 11.0. The average Bonchev–Trinajstić information content (AvgIpc) is 3.45. The van der Waals surface area contributed by atoms with Gasteiger partial charge in [0.2, 0.25) is 0 Å². The summed E-state index contributed by atoms with van der Waals surface area (Å²) in [5.41, 5.74) is 13.9. The van der Waals surface area contributed by atoms with E-state index in [0.29, 0.717) is 17.3 Å². The van der Waals surface area contributed by atoms with Gasteiger partial charge in [0.25, 0.3) is 0 Å². The van der Waals surface area contributed by atoms with Crippen molar-refractivity contribution < 1.29 is 19.8 Å². The lowest BCUT2D eigenvalue weighted by Gasteiger charge is -2.14. The number of aromatic nitrogens is 4. The average molecular weight is 502 g/mol. The van der Waals surface area contributed by atoms with Crippen molar-refractivity contribution in [1.82, 2.24) is 20.0 Å². The fraction of sp³-hybridized carbons (Fsp3) is 0.0833. The van der Waals surface area contributed by atoms with E-state index in [4.69, 9.17) is 32.4 Å². The Morgan fingerprint density at radius 3 is 2.19 bits per heavy atom. The van der Waals surface area contributed by atoms with Crippen LogP contribution in [-0.2, 0) is 0 Å². The smallest absolute Gasteiger partial charge is 0.335 e. The molecule has 37 heavy (non-hydrogen) atoms. The molecule has 13 nitrogen and oxygen atoms in total. The molecule has 0 atom stereocenters. The van der Waals surface area contributed by atoms with Crippen LogP contribution >= 0.6 is 0 Å². The van der Waals surface area contributed by atoms with Crippen LogP contribution in [0, 0.1) is 16.7 Å². The lowest BCUT2D eigenvalue weighted by molar-refractivity contribution is 0.0696. The minimum atomic E-state index is -1.28. The number of carboxylic acids is 2. The van der Waals surface area contributed by atoms with Crippen molar-refractivity contribution in [3.63, 3.8) is 0 Å². The molecule has 0 aliphatic carbocycles. The van der Waals surface area contributed by atoms with Crippen LogP contribution in [0.5, 0.6) is 0 Å². The van der Waals surface area contributed by atoms with Gasteiger partial charge in [0.05, 0.1) is 34.5 Å². The summed E-state index contributed by atoms with van der Waals surface area (Å²) in [7, 11) is 1.77. The summed E-state index contributed by atoms with van der Waals surface area (Å²) in [5.74, 6) is -1.58. The van der Waals surface area contributed by atoms with Gasteiger partial charge in [0.1, 0.15) is 23.1 Å². The number of aromatic carboxylic acids is 2. The number of H-pyrrole nitrogens is 1. The van der Waals surface area contributed by atoms with Crippen LogP contribution < -0.4 is 16.4 Å². The summed E-state index contributed by atoms with van der Waals surface area (Å²) in [6.07, 6.45) is 1.21. The van der Waals surface area contributed by atoms with Gasteiger partial charge in [0.15, 0.2) is 5.82 Å². The molecular formula is C24H23N9O4. The second-order valence-corrected chi connectivity index (χ2v) is 7.69. The Morgan fingerprint density at radius 2 is 1.70 bits per heavy atom. The first-order valence-corrected chi connectivity index (χ1v) is 10.6. The maximum Gasteiger partial charge on any atom is 0.335 e. The number of hydrogen-bond donors (Lipinski definition) is 6. The Balaban J connectivity index is 0.000000208. The molecule has 4 aromatic rings. The van der Waals surface area contributed by atoms with Gasteiger partial charge in [-0.3, -0.25) is 10.5 Å². The standard InChI is InChI=1S/C12H15N5.C12H8N4O4/c1-8(13)17(2)12-10(14)11(15-16-12)9-6-4-3-5-7-9;13-4-8-5-15-16(10(8)14)9-2-6(11(17)18)1-7(3-9)12(19)20/h3-7,13H,14H2,1-2H3,(H,15,16);1-3,5H,14H2,(H,17,18)(H,19,20). The molecule has 0 amide bonds. The van der Waals surface area contributed by atoms with Crippen molar-refractivity contribution in [1.29, 1.82) is 10.7 Å². The Morgan fingerprint density at radius 1 is 1.11 bits per heavy atom. The normalized spacial score (nSPS) is 10.1. The van der Waals surface area contributed by atoms with Crippen LogP contribution in [0.1, 0.15) is 33.2 Å². The number of anilines is 3. The summed E-state index contributed by atoms with van der Waals surface area (Å²) in [6.45, 7) is 1.69. The minimum absolute atomic E-state index is 0.00591. The zero-order valence-electron chi connectivity index (χ0n) is 19.8. The van der Waals surface area contributed by atoms with Gasteiger partial charge in [-0.1, -0.05) is 30.3 Å². The summed E-state index contributed by atoms with van der Waals surface area (Å²) in [4.78, 5) is 23.6. The van der Waals surface area contributed by atoms with Crippen molar-refractivity contribution >= 4 is 35.1 Å². The van der Waals surface area contributed by atoms with Crippen LogP contribution in [0.3, 0.4) is 0 Å². The molecule has 0 spiro atoms. The number of carboxylic acid groups (broad SMARTS) is 2. The summed E-state index contributed by atoms with van der Waals surface area (Å²) < 4.78 is 1.11. The molecular weight excluding hydrogens is 478 g/mol. The van der Waals surface area contributed by atoms with Gasteiger partial charge < -0.3 is 26.6 Å². The number of benzene rings is 2. The monoisotopic (exact) mass is 501 g/mol. The van der Waals surface area contributed by atoms with Crippen LogP contribution in [0.25, 0.3) is 16.9 Å². The summed E-state index contributed by atoms with van der Waals surface area (Å²) in [6, 6.07) is 15.1. The molecule has 0 saturated heterocycles. The highest BCUT2D eigenvalue weighted by Gasteiger charge is 2.16. The molecule has 2 heterocycles. The predicted molar refractivity (Wildman–Crippen MR) is 137 cm³/mol. The number of rotatable bonds is 5. The second-order valence-electron chi connectivity index (χ2n) is 7.69. The highest BCUT2D eigenvalue weighted by molar-refractivity contribution is 5.97. The number of carbonyl (C=O) groups is 2. The SMILES string of the molecule is CC(=N)N(C)c1n[nH]c(-c2ccccc2)c1N.N#Cc1cnn(-c2cc(C(=O)O)cc(C(=O)O)c2)c1N. The number of aromatic amines is 1. The number of hydrogen-bond acceptors (Lipinski definition) is 8. The van der Waals surface area contributed by atoms with Gasteiger partial charge in [-0.2, -0.15) is 15.5 Å². The van der Waals surface area contributed by atoms with E-state index >= 15 is 0 Å². The van der Waals surface area contributed by atoms with Crippen molar-refractivity contribution in [2.75, 3.05) is 23.4 Å². The third-order valence-corrected chi connectivity index (χ3v) is 5.25. The Bertz CT molecular complexity index is 1480. The molecule has 0 radical (unpaired) electrons. The Hall–Kier alpha value is -5.64. The second kappa shape index (κ2) is 10.7. The number of amidine groups is 1. The molecule has 0 fully saturated rings. The van der Waals surface area contributed by atoms with Crippen molar-refractivity contribution in [3.8, 4) is 23.0 Å². The predicted octanol–water partition coefficient (Wildman–Crippen LogP) is 2.81. The number of nitrogens with zero attached hydrogens (tertiary/aromatic N) is 5. The van der Waals surface area contributed by atoms with Gasteiger partial charge in [0, 0.05) is 12.6 Å². The molecule has 8 N–H and O–H groups in total. The number of nitrogen functional groups attached to an aromatic ring is 2. The van der Waals surface area contributed by atoms with E-state index in [0.717, 1.165) is 22.0 Å². The number of nitrogens with two attached hydrogens (primary N) is 2.